The molecule has 1 fully saturated rings. The molecule has 0 bridgehead atoms. The van der Waals surface area contributed by atoms with Gasteiger partial charge >= 0.3 is 0 Å². The summed E-state index contributed by atoms with van der Waals surface area (Å²) in [5.41, 5.74) is 0. The fourth-order valence-corrected chi connectivity index (χ4v) is 4.52. The summed E-state index contributed by atoms with van der Waals surface area (Å²) in [6, 6.07) is 0. The van der Waals surface area contributed by atoms with E-state index in [2.05, 4.69) is 99.5 Å². The zero-order valence-electron chi connectivity index (χ0n) is 12.0. The van der Waals surface area contributed by atoms with E-state index in [9.17, 15) is 0 Å². The molecule has 0 saturated carbocycles. The highest BCUT2D eigenvalue weighted by Crippen LogP contribution is 2.40. The third kappa shape index (κ3) is 3.04. The summed E-state index contributed by atoms with van der Waals surface area (Å²) in [5.74, 6) is 3.22. The Hall–Kier alpha value is 0.160. The first kappa shape index (κ1) is 17.6. The second-order valence-electron chi connectivity index (χ2n) is 5.39. The number of alkyl halides is 3. The van der Waals surface area contributed by atoms with E-state index < -0.39 is 2.14 Å². The van der Waals surface area contributed by atoms with Gasteiger partial charge in [-0.05, 0) is 50.8 Å². The van der Waals surface area contributed by atoms with E-state index in [4.69, 9.17) is 4.99 Å². The second-order valence-corrected chi connectivity index (χ2v) is 13.9. The van der Waals surface area contributed by atoms with Crippen LogP contribution in [0, 0.1) is 0 Å². The molecule has 0 amide bonds. The third-order valence-electron chi connectivity index (χ3n) is 3.77. The molecule has 0 unspecified atom stereocenters. The van der Waals surface area contributed by atoms with Crippen molar-refractivity contribution >= 4 is 103 Å². The first-order chi connectivity index (χ1) is 11.3. The van der Waals surface area contributed by atoms with Crippen molar-refractivity contribution in [2.75, 3.05) is 13.1 Å². The lowest BCUT2D eigenvalue weighted by molar-refractivity contribution is 0.505. The Morgan fingerprint density at radius 3 is 2.29 bits per heavy atom. The zero-order chi connectivity index (χ0) is 17.1. The van der Waals surface area contributed by atoms with Gasteiger partial charge in [-0.1, -0.05) is 47.8 Å². The SMILES string of the molecule is BrC1=CC(Br)=C2N=C(N3CCCC3)N=C3N=C(C(Br)(Br)Br)N=C1N32. The molecule has 6 nitrogen and oxygen atoms in total. The normalized spacial score (nSPS) is 23.5. The lowest BCUT2D eigenvalue weighted by Gasteiger charge is -2.35. The number of hydrogen-bond acceptors (Lipinski definition) is 6. The van der Waals surface area contributed by atoms with Gasteiger partial charge in [-0.2, -0.15) is 15.0 Å². The minimum Gasteiger partial charge on any atom is -0.341 e. The third-order valence-corrected chi connectivity index (χ3v) is 6.00. The largest absolute Gasteiger partial charge is 0.341 e. The molecule has 126 valence electrons. The zero-order valence-corrected chi connectivity index (χ0v) is 19.9. The average Bonchev–Trinajstić information content (AvgIpc) is 3.05. The first-order valence-corrected chi connectivity index (χ1v) is 11.1. The van der Waals surface area contributed by atoms with Crippen molar-refractivity contribution in [3.63, 3.8) is 0 Å². The van der Waals surface area contributed by atoms with Gasteiger partial charge in [-0.15, -0.1) is 0 Å². The molecule has 0 aromatic rings. The fraction of sp³-hybridized carbons (Fsp3) is 0.385. The number of amidine groups is 2. The predicted molar refractivity (Wildman–Crippen MR) is 115 cm³/mol. The van der Waals surface area contributed by atoms with Crippen molar-refractivity contribution in [1.82, 2.24) is 9.80 Å². The molecule has 1 saturated heterocycles. The maximum absolute atomic E-state index is 4.73. The number of hydrogen-bond donors (Lipinski definition) is 0. The van der Waals surface area contributed by atoms with Crippen molar-refractivity contribution in [1.29, 1.82) is 0 Å². The number of allylic oxidation sites excluding steroid dienone is 2. The highest BCUT2D eigenvalue weighted by Gasteiger charge is 2.40. The molecular weight excluding hydrogens is 640 g/mol. The highest BCUT2D eigenvalue weighted by atomic mass is 80.0. The Bertz CT molecular complexity index is 794. The van der Waals surface area contributed by atoms with Crippen LogP contribution >= 0.6 is 79.6 Å². The predicted octanol–water partition coefficient (Wildman–Crippen LogP) is 4.62. The summed E-state index contributed by atoms with van der Waals surface area (Å²) < 4.78 is 0.969. The molecule has 11 heteroatoms. The second kappa shape index (κ2) is 6.40. The number of guanidine groups is 2. The van der Waals surface area contributed by atoms with E-state index in [1.54, 1.807) is 0 Å². The van der Waals surface area contributed by atoms with E-state index in [-0.39, 0.29) is 0 Å². The molecule has 4 aliphatic heterocycles. The lowest BCUT2D eigenvalue weighted by Crippen LogP contribution is -2.46. The minimum atomic E-state index is -0.719. The maximum atomic E-state index is 4.73. The summed E-state index contributed by atoms with van der Waals surface area (Å²) in [6.45, 7) is 1.94. The summed E-state index contributed by atoms with van der Waals surface area (Å²) in [7, 11) is 0. The van der Waals surface area contributed by atoms with Crippen molar-refractivity contribution in [3.8, 4) is 0 Å². The number of nitrogens with zero attached hydrogens (tertiary/aromatic N) is 6. The van der Waals surface area contributed by atoms with Crippen molar-refractivity contribution in [3.05, 3.63) is 20.9 Å². The molecule has 0 atom stereocenters. The monoisotopic (exact) mass is 644 g/mol. The van der Waals surface area contributed by atoms with Crippen molar-refractivity contribution in [2.45, 2.75) is 15.0 Å². The van der Waals surface area contributed by atoms with Gasteiger partial charge in [0.2, 0.25) is 11.9 Å². The van der Waals surface area contributed by atoms with E-state index in [0.29, 0.717) is 23.6 Å². The van der Waals surface area contributed by atoms with Crippen LogP contribution in [-0.4, -0.2) is 48.6 Å². The minimum absolute atomic E-state index is 0.526. The van der Waals surface area contributed by atoms with Gasteiger partial charge in [0.05, 0.1) is 8.96 Å². The quantitative estimate of drug-likeness (QED) is 0.361. The number of likely N-dealkylation sites (tertiary alicyclic amines) is 1. The maximum Gasteiger partial charge on any atom is 0.242 e. The number of halogens is 5. The fourth-order valence-electron chi connectivity index (χ4n) is 2.69. The molecule has 4 heterocycles. The molecular formula is C13H9Br5N6. The Morgan fingerprint density at radius 1 is 0.917 bits per heavy atom. The summed E-state index contributed by atoms with van der Waals surface area (Å²) in [4.78, 5) is 22.7. The molecule has 0 radical (unpaired) electrons. The Balaban J connectivity index is 1.88. The number of rotatable bonds is 0. The Morgan fingerprint density at radius 2 is 1.62 bits per heavy atom. The summed E-state index contributed by atoms with van der Waals surface area (Å²) >= 11 is 17.6. The lowest BCUT2D eigenvalue weighted by atomic mass is 10.3. The van der Waals surface area contributed by atoms with E-state index in [0.717, 1.165) is 40.7 Å². The van der Waals surface area contributed by atoms with E-state index in [1.807, 2.05) is 11.0 Å². The Labute approximate surface area is 180 Å². The van der Waals surface area contributed by atoms with E-state index >= 15 is 0 Å². The summed E-state index contributed by atoms with van der Waals surface area (Å²) in [5, 5.41) is 0. The molecule has 0 spiro atoms. The van der Waals surface area contributed by atoms with Crippen LogP contribution in [0.25, 0.3) is 0 Å². The van der Waals surface area contributed by atoms with Crippen LogP contribution in [0.2, 0.25) is 0 Å². The molecule has 0 aromatic carbocycles. The average molecular weight is 649 g/mol. The van der Waals surface area contributed by atoms with Crippen LogP contribution in [-0.2, 0) is 0 Å². The van der Waals surface area contributed by atoms with Crippen LogP contribution in [0.3, 0.4) is 0 Å². The molecule has 4 rings (SSSR count). The van der Waals surface area contributed by atoms with Gasteiger partial charge < -0.3 is 4.90 Å². The number of aliphatic imine (C=N–C) groups is 4. The molecule has 24 heavy (non-hydrogen) atoms. The topological polar surface area (TPSA) is 55.9 Å². The molecule has 0 aromatic heterocycles. The highest BCUT2D eigenvalue weighted by molar-refractivity contribution is 9.40. The molecule has 0 N–H and O–H groups in total. The first-order valence-electron chi connectivity index (χ1n) is 7.09. The van der Waals surface area contributed by atoms with Gasteiger partial charge in [-0.25, -0.2) is 9.89 Å². The van der Waals surface area contributed by atoms with Crippen LogP contribution < -0.4 is 0 Å². The molecule has 0 aliphatic carbocycles. The van der Waals surface area contributed by atoms with Gasteiger partial charge in [-0.3, -0.25) is 0 Å². The van der Waals surface area contributed by atoms with Crippen LogP contribution in [0.4, 0.5) is 0 Å². The van der Waals surface area contributed by atoms with Crippen LogP contribution in [0.1, 0.15) is 12.8 Å². The van der Waals surface area contributed by atoms with Crippen LogP contribution in [0.5, 0.6) is 0 Å². The molecule has 4 aliphatic rings. The van der Waals surface area contributed by atoms with Gasteiger partial charge in [0, 0.05) is 13.1 Å². The van der Waals surface area contributed by atoms with Crippen LogP contribution in [0.15, 0.2) is 40.8 Å². The van der Waals surface area contributed by atoms with Gasteiger partial charge in [0.1, 0.15) is 0 Å². The van der Waals surface area contributed by atoms with Crippen molar-refractivity contribution in [2.24, 2.45) is 20.0 Å². The van der Waals surface area contributed by atoms with Crippen molar-refractivity contribution < 1.29 is 0 Å². The standard InChI is InChI=1S/C13H9Br5N6/c14-6-5-7(15)9-20-11(23-3-1-2-4-23)22-12-21-10(13(16,17)18)19-8(6)24(9)12/h5H,1-4H2. The van der Waals surface area contributed by atoms with Gasteiger partial charge in [0.15, 0.2) is 19.6 Å². The van der Waals surface area contributed by atoms with Gasteiger partial charge in [0.25, 0.3) is 0 Å². The Kier molecular flexibility index (Phi) is 4.68. The smallest absolute Gasteiger partial charge is 0.242 e. The van der Waals surface area contributed by atoms with E-state index in [1.165, 1.54) is 0 Å². The summed E-state index contributed by atoms with van der Waals surface area (Å²) in [6.07, 6.45) is 4.27.